The van der Waals surface area contributed by atoms with Crippen molar-refractivity contribution < 1.29 is 13.2 Å². The van der Waals surface area contributed by atoms with E-state index >= 15 is 0 Å². The lowest BCUT2D eigenvalue weighted by molar-refractivity contribution is 0.317. The second-order valence-corrected chi connectivity index (χ2v) is 6.83. The number of hydrogen-bond acceptors (Lipinski definition) is 3. The number of hydrogen-bond donors (Lipinski definition) is 1. The standard InChI is InChI=1S/C12H18ClNO3S/c1-4-7-17-12-6-5-10(8-11(12)13)14-18(15,16)9(2)3/h5-6,8-9,14H,4,7H2,1-3H3. The van der Waals surface area contributed by atoms with Crippen LogP contribution in [0.4, 0.5) is 5.69 Å². The van der Waals surface area contributed by atoms with Crippen LogP contribution in [-0.2, 0) is 10.0 Å². The zero-order valence-electron chi connectivity index (χ0n) is 10.7. The average molecular weight is 292 g/mol. The Morgan fingerprint density at radius 3 is 2.56 bits per heavy atom. The van der Waals surface area contributed by atoms with Crippen LogP contribution in [-0.4, -0.2) is 20.3 Å². The van der Waals surface area contributed by atoms with E-state index in [2.05, 4.69) is 4.72 Å². The molecule has 1 aromatic rings. The summed E-state index contributed by atoms with van der Waals surface area (Å²) < 4.78 is 31.2. The highest BCUT2D eigenvalue weighted by Crippen LogP contribution is 2.28. The minimum Gasteiger partial charge on any atom is -0.492 e. The average Bonchev–Trinajstić information content (AvgIpc) is 2.27. The normalized spacial score (nSPS) is 11.6. The molecule has 6 heteroatoms. The minimum absolute atomic E-state index is 0.396. The van der Waals surface area contributed by atoms with Gasteiger partial charge in [-0.25, -0.2) is 8.42 Å². The van der Waals surface area contributed by atoms with Crippen molar-refractivity contribution in [2.24, 2.45) is 0 Å². The first-order valence-corrected chi connectivity index (χ1v) is 7.73. The van der Waals surface area contributed by atoms with Crippen molar-refractivity contribution >= 4 is 27.3 Å². The first-order valence-electron chi connectivity index (χ1n) is 5.80. The molecule has 0 saturated carbocycles. The molecule has 0 aliphatic heterocycles. The van der Waals surface area contributed by atoms with Crippen LogP contribution in [0.2, 0.25) is 5.02 Å². The first kappa shape index (κ1) is 15.1. The molecule has 1 rings (SSSR count). The predicted octanol–water partition coefficient (Wildman–Crippen LogP) is 3.28. The Morgan fingerprint density at radius 1 is 1.39 bits per heavy atom. The monoisotopic (exact) mass is 291 g/mol. The van der Waals surface area contributed by atoms with Crippen LogP contribution in [0.15, 0.2) is 18.2 Å². The van der Waals surface area contributed by atoms with Gasteiger partial charge in [0.05, 0.1) is 22.6 Å². The molecule has 0 saturated heterocycles. The third-order valence-corrected chi connectivity index (χ3v) is 4.33. The lowest BCUT2D eigenvalue weighted by Gasteiger charge is -2.12. The van der Waals surface area contributed by atoms with Crippen LogP contribution in [0.5, 0.6) is 5.75 Å². The van der Waals surface area contributed by atoms with Gasteiger partial charge >= 0.3 is 0 Å². The maximum Gasteiger partial charge on any atom is 0.235 e. The number of benzene rings is 1. The molecule has 1 N–H and O–H groups in total. The van der Waals surface area contributed by atoms with E-state index in [0.29, 0.717) is 23.1 Å². The van der Waals surface area contributed by atoms with E-state index in [1.807, 2.05) is 6.92 Å². The van der Waals surface area contributed by atoms with Gasteiger partial charge in [0.1, 0.15) is 5.75 Å². The van der Waals surface area contributed by atoms with Gasteiger partial charge in [-0.2, -0.15) is 0 Å². The van der Waals surface area contributed by atoms with Gasteiger partial charge in [-0.05, 0) is 38.5 Å². The van der Waals surface area contributed by atoms with Crippen LogP contribution in [0.1, 0.15) is 27.2 Å². The summed E-state index contributed by atoms with van der Waals surface area (Å²) in [6.07, 6.45) is 0.887. The number of halogens is 1. The van der Waals surface area contributed by atoms with Crippen molar-refractivity contribution in [1.29, 1.82) is 0 Å². The molecule has 0 heterocycles. The zero-order chi connectivity index (χ0) is 13.8. The highest BCUT2D eigenvalue weighted by atomic mass is 35.5. The second kappa shape index (κ2) is 6.29. The van der Waals surface area contributed by atoms with Crippen molar-refractivity contribution in [3.05, 3.63) is 23.2 Å². The van der Waals surface area contributed by atoms with E-state index in [9.17, 15) is 8.42 Å². The highest BCUT2D eigenvalue weighted by molar-refractivity contribution is 7.93. The molecular formula is C12H18ClNO3S. The van der Waals surface area contributed by atoms with Crippen LogP contribution < -0.4 is 9.46 Å². The molecule has 0 fully saturated rings. The fraction of sp³-hybridized carbons (Fsp3) is 0.500. The molecule has 0 amide bonds. The molecule has 18 heavy (non-hydrogen) atoms. The van der Waals surface area contributed by atoms with Gasteiger partial charge in [0.25, 0.3) is 0 Å². The third kappa shape index (κ3) is 4.07. The van der Waals surface area contributed by atoms with Crippen LogP contribution in [0.3, 0.4) is 0 Å². The molecule has 0 aliphatic carbocycles. The molecule has 0 aliphatic rings. The van der Waals surface area contributed by atoms with Gasteiger partial charge in [-0.3, -0.25) is 4.72 Å². The topological polar surface area (TPSA) is 55.4 Å². The van der Waals surface area contributed by atoms with Crippen LogP contribution >= 0.6 is 11.6 Å². The summed E-state index contributed by atoms with van der Waals surface area (Å²) in [6.45, 7) is 5.81. The molecule has 0 bridgehead atoms. The number of sulfonamides is 1. The summed E-state index contributed by atoms with van der Waals surface area (Å²) in [5.74, 6) is 0.561. The number of anilines is 1. The molecule has 0 unspecified atom stereocenters. The molecular weight excluding hydrogens is 274 g/mol. The molecule has 102 valence electrons. The van der Waals surface area contributed by atoms with Crippen molar-refractivity contribution in [1.82, 2.24) is 0 Å². The van der Waals surface area contributed by atoms with E-state index in [4.69, 9.17) is 16.3 Å². The summed E-state index contributed by atoms with van der Waals surface area (Å²) in [4.78, 5) is 0. The Morgan fingerprint density at radius 2 is 2.06 bits per heavy atom. The zero-order valence-corrected chi connectivity index (χ0v) is 12.3. The maximum atomic E-state index is 11.7. The number of nitrogens with one attached hydrogen (secondary N) is 1. The Hall–Kier alpha value is -0.940. The lowest BCUT2D eigenvalue weighted by atomic mass is 10.3. The first-order chi connectivity index (χ1) is 8.36. The Labute approximate surface area is 113 Å². The van der Waals surface area contributed by atoms with Crippen molar-refractivity contribution in [2.45, 2.75) is 32.4 Å². The lowest BCUT2D eigenvalue weighted by Crippen LogP contribution is -2.22. The van der Waals surface area contributed by atoms with Gasteiger partial charge in [0, 0.05) is 0 Å². The Balaban J connectivity index is 2.85. The van der Waals surface area contributed by atoms with Crippen molar-refractivity contribution in [3.63, 3.8) is 0 Å². The van der Waals surface area contributed by atoms with Gasteiger partial charge in [-0.1, -0.05) is 18.5 Å². The number of rotatable bonds is 6. The summed E-state index contributed by atoms with van der Waals surface area (Å²) in [5.41, 5.74) is 0.442. The summed E-state index contributed by atoms with van der Waals surface area (Å²) in [5, 5.41) is -0.0975. The fourth-order valence-electron chi connectivity index (χ4n) is 1.18. The molecule has 0 radical (unpaired) electrons. The summed E-state index contributed by atoms with van der Waals surface area (Å²) in [7, 11) is -3.35. The highest BCUT2D eigenvalue weighted by Gasteiger charge is 2.16. The van der Waals surface area contributed by atoms with Gasteiger partial charge in [-0.15, -0.1) is 0 Å². The quantitative estimate of drug-likeness (QED) is 0.875. The molecule has 0 aromatic heterocycles. The minimum atomic E-state index is -3.35. The Kier molecular flexibility index (Phi) is 5.28. The summed E-state index contributed by atoms with van der Waals surface area (Å²) >= 11 is 6.01. The number of ether oxygens (including phenoxy) is 1. The molecule has 0 atom stereocenters. The van der Waals surface area contributed by atoms with Gasteiger partial charge in [0.2, 0.25) is 10.0 Å². The predicted molar refractivity (Wildman–Crippen MR) is 74.9 cm³/mol. The van der Waals surface area contributed by atoms with E-state index in [-0.39, 0.29) is 0 Å². The van der Waals surface area contributed by atoms with E-state index in [0.717, 1.165) is 6.42 Å². The summed E-state index contributed by atoms with van der Waals surface area (Å²) in [6, 6.07) is 4.85. The molecule has 0 spiro atoms. The van der Waals surface area contributed by atoms with E-state index < -0.39 is 15.3 Å². The maximum absolute atomic E-state index is 11.7. The van der Waals surface area contributed by atoms with Crippen molar-refractivity contribution in [3.8, 4) is 5.75 Å². The SMILES string of the molecule is CCCOc1ccc(NS(=O)(=O)C(C)C)cc1Cl. The Bertz CT molecular complexity index is 500. The van der Waals surface area contributed by atoms with Crippen LogP contribution in [0, 0.1) is 0 Å². The van der Waals surface area contributed by atoms with Gasteiger partial charge < -0.3 is 4.74 Å². The second-order valence-electron chi connectivity index (χ2n) is 4.19. The third-order valence-electron chi connectivity index (χ3n) is 2.27. The van der Waals surface area contributed by atoms with Gasteiger partial charge in [0.15, 0.2) is 0 Å². The fourth-order valence-corrected chi connectivity index (χ4v) is 2.10. The van der Waals surface area contributed by atoms with Crippen LogP contribution in [0.25, 0.3) is 0 Å². The van der Waals surface area contributed by atoms with E-state index in [1.54, 1.807) is 32.0 Å². The molecule has 1 aromatic carbocycles. The van der Waals surface area contributed by atoms with Crippen molar-refractivity contribution in [2.75, 3.05) is 11.3 Å². The van der Waals surface area contributed by atoms with E-state index in [1.165, 1.54) is 0 Å². The smallest absolute Gasteiger partial charge is 0.235 e. The molecule has 4 nitrogen and oxygen atoms in total. The largest absolute Gasteiger partial charge is 0.492 e.